The number of carbonyl (C=O) groups excluding carboxylic acids is 1. The van der Waals surface area contributed by atoms with Crippen molar-refractivity contribution in [2.75, 3.05) is 12.4 Å². The van der Waals surface area contributed by atoms with Gasteiger partial charge in [-0.2, -0.15) is 0 Å². The van der Waals surface area contributed by atoms with Gasteiger partial charge in [0.15, 0.2) is 0 Å². The molecule has 0 saturated carbocycles. The van der Waals surface area contributed by atoms with E-state index in [1.54, 1.807) is 7.11 Å². The predicted molar refractivity (Wildman–Crippen MR) is 61.5 cm³/mol. The molecule has 3 heteroatoms. The van der Waals surface area contributed by atoms with Crippen molar-refractivity contribution in [2.45, 2.75) is 27.7 Å². The number of benzene rings is 1. The average molecular weight is 207 g/mol. The average Bonchev–Trinajstić information content (AvgIpc) is 2.14. The van der Waals surface area contributed by atoms with Gasteiger partial charge >= 0.3 is 0 Å². The molecule has 1 aromatic rings. The Labute approximate surface area is 90.4 Å². The summed E-state index contributed by atoms with van der Waals surface area (Å²) >= 11 is 0. The number of hydrogen-bond acceptors (Lipinski definition) is 2. The lowest BCUT2D eigenvalue weighted by molar-refractivity contribution is -0.114. The number of anilines is 1. The molecular formula is C12H17NO2. The molecule has 0 heterocycles. The van der Waals surface area contributed by atoms with E-state index in [1.807, 2.05) is 26.8 Å². The van der Waals surface area contributed by atoms with Gasteiger partial charge in [-0.3, -0.25) is 4.79 Å². The van der Waals surface area contributed by atoms with E-state index < -0.39 is 0 Å². The molecule has 0 aromatic heterocycles. The second-order valence-electron chi connectivity index (χ2n) is 3.72. The maximum Gasteiger partial charge on any atom is 0.221 e. The first-order chi connectivity index (χ1) is 6.97. The van der Waals surface area contributed by atoms with Crippen LogP contribution in [0.15, 0.2) is 6.07 Å². The SMILES string of the molecule is COc1c(C)c(C)cc(C)c1NC(C)=O. The monoisotopic (exact) mass is 207 g/mol. The molecule has 1 aromatic carbocycles. The second-order valence-corrected chi connectivity index (χ2v) is 3.72. The van der Waals surface area contributed by atoms with Gasteiger partial charge in [0, 0.05) is 6.92 Å². The molecular weight excluding hydrogens is 190 g/mol. The van der Waals surface area contributed by atoms with Gasteiger partial charge in [0.2, 0.25) is 5.91 Å². The third kappa shape index (κ3) is 2.29. The van der Waals surface area contributed by atoms with Crippen LogP contribution in [0.25, 0.3) is 0 Å². The molecule has 0 aliphatic carbocycles. The first-order valence-electron chi connectivity index (χ1n) is 4.89. The fourth-order valence-corrected chi connectivity index (χ4v) is 1.64. The van der Waals surface area contributed by atoms with Crippen molar-refractivity contribution in [3.8, 4) is 5.75 Å². The number of carbonyl (C=O) groups is 1. The molecule has 0 radical (unpaired) electrons. The van der Waals surface area contributed by atoms with Crippen LogP contribution in [0.1, 0.15) is 23.6 Å². The third-order valence-electron chi connectivity index (χ3n) is 2.49. The summed E-state index contributed by atoms with van der Waals surface area (Å²) in [7, 11) is 1.62. The standard InChI is InChI=1S/C12H17NO2/c1-7-6-8(2)11(13-10(4)14)12(15-5)9(7)3/h6H,1-5H3,(H,13,14). The maximum atomic E-state index is 11.1. The van der Waals surface area contributed by atoms with Crippen molar-refractivity contribution in [3.63, 3.8) is 0 Å². The molecule has 15 heavy (non-hydrogen) atoms. The van der Waals surface area contributed by atoms with E-state index in [1.165, 1.54) is 12.5 Å². The van der Waals surface area contributed by atoms with E-state index in [-0.39, 0.29) is 5.91 Å². The number of hydrogen-bond donors (Lipinski definition) is 1. The van der Waals surface area contributed by atoms with Crippen LogP contribution in [0.3, 0.4) is 0 Å². The molecule has 1 amide bonds. The highest BCUT2D eigenvalue weighted by Gasteiger charge is 2.12. The minimum Gasteiger partial charge on any atom is -0.494 e. The van der Waals surface area contributed by atoms with E-state index in [4.69, 9.17) is 4.74 Å². The summed E-state index contributed by atoms with van der Waals surface area (Å²) in [6, 6.07) is 2.04. The van der Waals surface area contributed by atoms with Crippen LogP contribution in [0.4, 0.5) is 5.69 Å². The summed E-state index contributed by atoms with van der Waals surface area (Å²) < 4.78 is 5.32. The van der Waals surface area contributed by atoms with Gasteiger partial charge in [0.05, 0.1) is 12.8 Å². The number of nitrogens with one attached hydrogen (secondary N) is 1. The van der Waals surface area contributed by atoms with Crippen LogP contribution in [0.5, 0.6) is 5.75 Å². The Balaban J connectivity index is 3.35. The van der Waals surface area contributed by atoms with Gasteiger partial charge in [-0.15, -0.1) is 0 Å². The minimum absolute atomic E-state index is 0.0837. The van der Waals surface area contributed by atoms with E-state index in [0.29, 0.717) is 0 Å². The summed E-state index contributed by atoms with van der Waals surface area (Å²) in [5, 5.41) is 2.80. The molecule has 0 aliphatic rings. The van der Waals surface area contributed by atoms with Crippen LogP contribution in [0.2, 0.25) is 0 Å². The number of methoxy groups -OCH3 is 1. The summed E-state index contributed by atoms with van der Waals surface area (Å²) in [4.78, 5) is 11.1. The van der Waals surface area contributed by atoms with E-state index in [0.717, 1.165) is 22.6 Å². The van der Waals surface area contributed by atoms with Crippen molar-refractivity contribution in [1.29, 1.82) is 0 Å². The van der Waals surface area contributed by atoms with Crippen LogP contribution >= 0.6 is 0 Å². The second kappa shape index (κ2) is 4.34. The van der Waals surface area contributed by atoms with Crippen molar-refractivity contribution in [2.24, 2.45) is 0 Å². The predicted octanol–water partition coefficient (Wildman–Crippen LogP) is 2.58. The molecule has 0 atom stereocenters. The summed E-state index contributed by atoms with van der Waals surface area (Å²) in [5.41, 5.74) is 4.02. The number of rotatable bonds is 2. The molecule has 3 nitrogen and oxygen atoms in total. The van der Waals surface area contributed by atoms with Crippen LogP contribution in [-0.2, 0) is 4.79 Å². The summed E-state index contributed by atoms with van der Waals surface area (Å²) in [5.74, 6) is 0.669. The Bertz CT molecular complexity index is 397. The zero-order valence-corrected chi connectivity index (χ0v) is 9.89. The van der Waals surface area contributed by atoms with Crippen LogP contribution in [0, 0.1) is 20.8 Å². The summed E-state index contributed by atoms with van der Waals surface area (Å²) in [6.45, 7) is 7.47. The largest absolute Gasteiger partial charge is 0.494 e. The van der Waals surface area contributed by atoms with E-state index in [2.05, 4.69) is 5.32 Å². The molecule has 1 rings (SSSR count). The van der Waals surface area contributed by atoms with Crippen LogP contribution < -0.4 is 10.1 Å². The fourth-order valence-electron chi connectivity index (χ4n) is 1.64. The van der Waals surface area contributed by atoms with E-state index >= 15 is 0 Å². The Hall–Kier alpha value is -1.51. The smallest absolute Gasteiger partial charge is 0.221 e. The van der Waals surface area contributed by atoms with Gasteiger partial charge < -0.3 is 10.1 Å². The highest BCUT2D eigenvalue weighted by molar-refractivity contribution is 5.92. The highest BCUT2D eigenvalue weighted by atomic mass is 16.5. The molecule has 0 spiro atoms. The van der Waals surface area contributed by atoms with Gasteiger partial charge in [0.1, 0.15) is 5.75 Å². The van der Waals surface area contributed by atoms with Gasteiger partial charge in [-0.1, -0.05) is 6.07 Å². The topological polar surface area (TPSA) is 38.3 Å². The number of aryl methyl sites for hydroxylation is 2. The Morgan fingerprint density at radius 1 is 1.27 bits per heavy atom. The van der Waals surface area contributed by atoms with Crippen LogP contribution in [-0.4, -0.2) is 13.0 Å². The lowest BCUT2D eigenvalue weighted by atomic mass is 10.0. The molecule has 0 bridgehead atoms. The molecule has 0 saturated heterocycles. The van der Waals surface area contributed by atoms with E-state index in [9.17, 15) is 4.79 Å². The Morgan fingerprint density at radius 3 is 2.33 bits per heavy atom. The first-order valence-corrected chi connectivity index (χ1v) is 4.89. The lowest BCUT2D eigenvalue weighted by Gasteiger charge is -2.16. The molecule has 0 unspecified atom stereocenters. The van der Waals surface area contributed by atoms with Crippen molar-refractivity contribution < 1.29 is 9.53 Å². The zero-order valence-electron chi connectivity index (χ0n) is 9.89. The first kappa shape index (κ1) is 11.6. The molecule has 0 fully saturated rings. The quantitative estimate of drug-likeness (QED) is 0.809. The number of ether oxygens (including phenoxy) is 1. The molecule has 1 N–H and O–H groups in total. The lowest BCUT2D eigenvalue weighted by Crippen LogP contribution is -2.09. The fraction of sp³-hybridized carbons (Fsp3) is 0.417. The highest BCUT2D eigenvalue weighted by Crippen LogP contribution is 2.33. The van der Waals surface area contributed by atoms with Crippen molar-refractivity contribution in [3.05, 3.63) is 22.8 Å². The zero-order chi connectivity index (χ0) is 11.6. The Morgan fingerprint density at radius 2 is 1.87 bits per heavy atom. The number of amides is 1. The molecule has 0 aliphatic heterocycles. The van der Waals surface area contributed by atoms with Crippen molar-refractivity contribution >= 4 is 11.6 Å². The normalized spacial score (nSPS) is 9.93. The third-order valence-corrected chi connectivity index (χ3v) is 2.49. The molecule has 82 valence electrons. The van der Waals surface area contributed by atoms with Gasteiger partial charge in [-0.25, -0.2) is 0 Å². The maximum absolute atomic E-state index is 11.1. The summed E-state index contributed by atoms with van der Waals surface area (Å²) in [6.07, 6.45) is 0. The minimum atomic E-state index is -0.0837. The van der Waals surface area contributed by atoms with Gasteiger partial charge in [-0.05, 0) is 37.5 Å². The Kier molecular flexibility index (Phi) is 3.35. The van der Waals surface area contributed by atoms with Gasteiger partial charge in [0.25, 0.3) is 0 Å². The van der Waals surface area contributed by atoms with Crippen molar-refractivity contribution in [1.82, 2.24) is 0 Å².